The number of nitrogens with two attached hydrogens (primary N) is 1. The molecule has 0 aliphatic heterocycles. The number of hydrogen-bond donors (Lipinski definition) is 1. The lowest BCUT2D eigenvalue weighted by atomic mass is 10.1. The summed E-state index contributed by atoms with van der Waals surface area (Å²) in [5, 5.41) is 8.40. The average Bonchev–Trinajstić information content (AvgIpc) is 2.03. The third kappa shape index (κ3) is 2.79. The maximum Gasteiger partial charge on any atom is 0.124 e. The van der Waals surface area contributed by atoms with Crippen molar-refractivity contribution in [3.05, 3.63) is 34.1 Å². The molecule has 0 saturated heterocycles. The molecule has 0 heterocycles. The Bertz CT molecular complexity index is 326. The fourth-order valence-corrected chi connectivity index (χ4v) is 1.49. The molecule has 0 fully saturated rings. The van der Waals surface area contributed by atoms with Crippen molar-refractivity contribution in [1.29, 1.82) is 5.26 Å². The van der Waals surface area contributed by atoms with E-state index in [0.717, 1.165) is 0 Å². The molecule has 1 aromatic rings. The van der Waals surface area contributed by atoms with Crippen LogP contribution in [0.15, 0.2) is 22.7 Å². The van der Waals surface area contributed by atoms with Crippen molar-refractivity contribution in [2.75, 3.05) is 0 Å². The summed E-state index contributed by atoms with van der Waals surface area (Å²) in [6.45, 7) is 0. The summed E-state index contributed by atoms with van der Waals surface area (Å²) in [4.78, 5) is 0. The molecule has 0 aromatic heterocycles. The van der Waals surface area contributed by atoms with Crippen LogP contribution in [0.2, 0.25) is 0 Å². The Morgan fingerprint density at radius 3 is 2.77 bits per heavy atom. The number of halogens is 2. The summed E-state index contributed by atoms with van der Waals surface area (Å²) in [6, 6.07) is 5.93. The lowest BCUT2D eigenvalue weighted by Gasteiger charge is -2.07. The van der Waals surface area contributed by atoms with Gasteiger partial charge in [0.05, 0.1) is 12.5 Å². The van der Waals surface area contributed by atoms with Crippen molar-refractivity contribution >= 4 is 15.9 Å². The van der Waals surface area contributed by atoms with Gasteiger partial charge in [-0.1, -0.05) is 15.9 Å². The van der Waals surface area contributed by atoms with Gasteiger partial charge in [-0.2, -0.15) is 5.26 Å². The number of nitrogens with zero attached hydrogens (tertiary/aromatic N) is 1. The van der Waals surface area contributed by atoms with Crippen LogP contribution in [0.3, 0.4) is 0 Å². The highest BCUT2D eigenvalue weighted by Crippen LogP contribution is 2.20. The number of nitriles is 1. The fraction of sp³-hybridized carbons (Fsp3) is 0.222. The minimum absolute atomic E-state index is 0.190. The zero-order valence-corrected chi connectivity index (χ0v) is 8.38. The maximum atomic E-state index is 12.9. The highest BCUT2D eigenvalue weighted by atomic mass is 79.9. The van der Waals surface area contributed by atoms with Gasteiger partial charge in [-0.05, 0) is 23.8 Å². The highest BCUT2D eigenvalue weighted by molar-refractivity contribution is 9.10. The van der Waals surface area contributed by atoms with Crippen molar-refractivity contribution in [3.63, 3.8) is 0 Å². The standard InChI is InChI=1S/C9H8BrFN2/c10-7-3-6(4-8(11)5-7)9(13)1-2-12/h3-5,9H,1,13H2. The molecule has 2 N–H and O–H groups in total. The van der Waals surface area contributed by atoms with Crippen molar-refractivity contribution in [1.82, 2.24) is 0 Å². The Kier molecular flexibility index (Phi) is 3.40. The lowest BCUT2D eigenvalue weighted by Crippen LogP contribution is -2.09. The minimum atomic E-state index is -0.419. The summed E-state index contributed by atoms with van der Waals surface area (Å²) >= 11 is 3.15. The first-order valence-corrected chi connectivity index (χ1v) is 4.51. The third-order valence-corrected chi connectivity index (χ3v) is 2.08. The predicted molar refractivity (Wildman–Crippen MR) is 51.3 cm³/mol. The normalized spacial score (nSPS) is 12.2. The van der Waals surface area contributed by atoms with E-state index in [1.165, 1.54) is 12.1 Å². The fourth-order valence-electron chi connectivity index (χ4n) is 1.01. The molecule has 1 atom stereocenters. The van der Waals surface area contributed by atoms with Gasteiger partial charge in [0.1, 0.15) is 5.82 Å². The van der Waals surface area contributed by atoms with E-state index in [4.69, 9.17) is 11.0 Å². The van der Waals surface area contributed by atoms with E-state index in [0.29, 0.717) is 10.0 Å². The van der Waals surface area contributed by atoms with E-state index >= 15 is 0 Å². The van der Waals surface area contributed by atoms with Crippen LogP contribution in [0.1, 0.15) is 18.0 Å². The van der Waals surface area contributed by atoms with E-state index in [2.05, 4.69) is 15.9 Å². The molecule has 2 nitrogen and oxygen atoms in total. The van der Waals surface area contributed by atoms with E-state index in [-0.39, 0.29) is 12.2 Å². The lowest BCUT2D eigenvalue weighted by molar-refractivity contribution is 0.619. The van der Waals surface area contributed by atoms with Gasteiger partial charge in [-0.3, -0.25) is 0 Å². The van der Waals surface area contributed by atoms with Crippen LogP contribution in [0.4, 0.5) is 4.39 Å². The van der Waals surface area contributed by atoms with Gasteiger partial charge in [0, 0.05) is 10.5 Å². The number of rotatable bonds is 2. The molecule has 4 heteroatoms. The summed E-state index contributed by atoms with van der Waals surface area (Å²) in [5.41, 5.74) is 6.27. The summed E-state index contributed by atoms with van der Waals surface area (Å²) in [7, 11) is 0. The van der Waals surface area contributed by atoms with Gasteiger partial charge in [-0.25, -0.2) is 4.39 Å². The van der Waals surface area contributed by atoms with Crippen molar-refractivity contribution in [2.24, 2.45) is 5.73 Å². The van der Waals surface area contributed by atoms with E-state index < -0.39 is 6.04 Å². The monoisotopic (exact) mass is 242 g/mol. The Balaban J connectivity index is 2.95. The second-order valence-electron chi connectivity index (χ2n) is 2.67. The van der Waals surface area contributed by atoms with Gasteiger partial charge >= 0.3 is 0 Å². The van der Waals surface area contributed by atoms with Crippen LogP contribution in [0.5, 0.6) is 0 Å². The molecule has 13 heavy (non-hydrogen) atoms. The van der Waals surface area contributed by atoms with Crippen LogP contribution >= 0.6 is 15.9 Å². The van der Waals surface area contributed by atoms with Crippen molar-refractivity contribution < 1.29 is 4.39 Å². The second kappa shape index (κ2) is 4.35. The Morgan fingerprint density at radius 2 is 2.23 bits per heavy atom. The molecule has 0 aliphatic carbocycles. The van der Waals surface area contributed by atoms with Crippen LogP contribution < -0.4 is 5.73 Å². The van der Waals surface area contributed by atoms with Crippen LogP contribution in [-0.4, -0.2) is 0 Å². The Labute approximate surface area is 84.3 Å². The maximum absolute atomic E-state index is 12.9. The summed E-state index contributed by atoms with van der Waals surface area (Å²) < 4.78 is 13.5. The SMILES string of the molecule is N#CCC(N)c1cc(F)cc(Br)c1. The minimum Gasteiger partial charge on any atom is -0.323 e. The zero-order valence-electron chi connectivity index (χ0n) is 6.80. The average molecular weight is 243 g/mol. The first-order valence-electron chi connectivity index (χ1n) is 3.72. The van der Waals surface area contributed by atoms with Crippen LogP contribution in [-0.2, 0) is 0 Å². The van der Waals surface area contributed by atoms with E-state index in [1.54, 1.807) is 6.07 Å². The molecule has 0 radical (unpaired) electrons. The van der Waals surface area contributed by atoms with Gasteiger partial charge in [0.2, 0.25) is 0 Å². The molecule has 0 bridgehead atoms. The number of hydrogen-bond acceptors (Lipinski definition) is 2. The summed E-state index contributed by atoms with van der Waals surface area (Å²) in [6.07, 6.45) is 0.190. The Hall–Kier alpha value is -0.920. The topological polar surface area (TPSA) is 49.8 Å². The summed E-state index contributed by atoms with van der Waals surface area (Å²) in [5.74, 6) is -0.349. The molecule has 1 aromatic carbocycles. The van der Waals surface area contributed by atoms with E-state index in [9.17, 15) is 4.39 Å². The van der Waals surface area contributed by atoms with Gasteiger partial charge < -0.3 is 5.73 Å². The predicted octanol–water partition coefficient (Wildman–Crippen LogP) is 2.50. The van der Waals surface area contributed by atoms with Crippen LogP contribution in [0, 0.1) is 17.1 Å². The van der Waals surface area contributed by atoms with Crippen LogP contribution in [0.25, 0.3) is 0 Å². The molecule has 0 aliphatic rings. The van der Waals surface area contributed by atoms with Crippen molar-refractivity contribution in [2.45, 2.75) is 12.5 Å². The van der Waals surface area contributed by atoms with E-state index in [1.807, 2.05) is 6.07 Å². The molecule has 0 amide bonds. The van der Waals surface area contributed by atoms with Gasteiger partial charge in [-0.15, -0.1) is 0 Å². The first kappa shape index (κ1) is 10.2. The molecule has 0 saturated carbocycles. The van der Waals surface area contributed by atoms with Gasteiger partial charge in [0.15, 0.2) is 0 Å². The number of benzene rings is 1. The van der Waals surface area contributed by atoms with Gasteiger partial charge in [0.25, 0.3) is 0 Å². The second-order valence-corrected chi connectivity index (χ2v) is 3.59. The largest absolute Gasteiger partial charge is 0.323 e. The molecule has 68 valence electrons. The quantitative estimate of drug-likeness (QED) is 0.867. The Morgan fingerprint density at radius 1 is 1.54 bits per heavy atom. The molecular weight excluding hydrogens is 235 g/mol. The highest BCUT2D eigenvalue weighted by Gasteiger charge is 2.07. The molecule has 0 spiro atoms. The first-order chi connectivity index (χ1) is 6.13. The molecule has 1 unspecified atom stereocenters. The molecule has 1 rings (SSSR count). The zero-order chi connectivity index (χ0) is 9.84. The molecular formula is C9H8BrFN2. The van der Waals surface area contributed by atoms with Crippen molar-refractivity contribution in [3.8, 4) is 6.07 Å². The third-order valence-electron chi connectivity index (χ3n) is 1.62. The smallest absolute Gasteiger partial charge is 0.124 e.